The minimum atomic E-state index is -0.949. The zero-order valence-electron chi connectivity index (χ0n) is 14.8. The van der Waals surface area contributed by atoms with Crippen molar-refractivity contribution < 1.29 is 27.9 Å². The van der Waals surface area contributed by atoms with Gasteiger partial charge in [-0.1, -0.05) is 12.1 Å². The highest BCUT2D eigenvalue weighted by Gasteiger charge is 2.14. The van der Waals surface area contributed by atoms with Crippen LogP contribution in [-0.2, 0) is 14.3 Å². The van der Waals surface area contributed by atoms with Crippen LogP contribution in [-0.4, -0.2) is 30.9 Å². The van der Waals surface area contributed by atoms with Crippen LogP contribution in [0, 0.1) is 25.5 Å². The Kier molecular flexibility index (Phi) is 6.59. The van der Waals surface area contributed by atoms with Crippen LogP contribution < -0.4 is 10.6 Å². The van der Waals surface area contributed by atoms with E-state index < -0.39 is 48.3 Å². The lowest BCUT2D eigenvalue weighted by Crippen LogP contribution is -2.32. The Morgan fingerprint density at radius 3 is 2.30 bits per heavy atom. The number of para-hydroxylation sites is 1. The molecule has 0 fully saturated rings. The monoisotopic (exact) mass is 376 g/mol. The average molecular weight is 376 g/mol. The van der Waals surface area contributed by atoms with Crippen LogP contribution in [0.4, 0.5) is 14.5 Å². The van der Waals surface area contributed by atoms with Crippen molar-refractivity contribution in [3.8, 4) is 0 Å². The molecule has 0 unspecified atom stereocenters. The lowest BCUT2D eigenvalue weighted by molar-refractivity contribution is -0.146. The smallest absolute Gasteiger partial charge is 0.325 e. The number of hydrogen-bond acceptors (Lipinski definition) is 4. The Morgan fingerprint density at radius 2 is 1.67 bits per heavy atom. The lowest BCUT2D eigenvalue weighted by Gasteiger charge is -2.09. The molecule has 0 aliphatic carbocycles. The number of nitrogens with one attached hydrogen (secondary N) is 2. The Hall–Kier alpha value is -3.29. The molecule has 2 rings (SSSR count). The van der Waals surface area contributed by atoms with E-state index in [-0.39, 0.29) is 0 Å². The molecule has 0 atom stereocenters. The number of carbonyl (C=O) groups is 3. The summed E-state index contributed by atoms with van der Waals surface area (Å²) in [6.07, 6.45) is 0. The molecule has 0 bridgehead atoms. The van der Waals surface area contributed by atoms with Crippen LogP contribution in [0.3, 0.4) is 0 Å². The van der Waals surface area contributed by atoms with Gasteiger partial charge in [0.1, 0.15) is 23.9 Å². The maximum Gasteiger partial charge on any atom is 0.325 e. The topological polar surface area (TPSA) is 84.5 Å². The summed E-state index contributed by atoms with van der Waals surface area (Å²) in [5.41, 5.74) is 1.73. The minimum absolute atomic E-state index is 0.388. The number of ether oxygens (including phenoxy) is 1. The van der Waals surface area contributed by atoms with Crippen LogP contribution in [0.2, 0.25) is 0 Å². The first-order valence-corrected chi connectivity index (χ1v) is 8.03. The molecular weight excluding hydrogens is 358 g/mol. The third-order valence-corrected chi connectivity index (χ3v) is 3.75. The highest BCUT2D eigenvalue weighted by molar-refractivity contribution is 5.96. The first kappa shape index (κ1) is 20.0. The number of esters is 1. The van der Waals surface area contributed by atoms with Gasteiger partial charge in [-0.05, 0) is 49.2 Å². The van der Waals surface area contributed by atoms with E-state index in [0.29, 0.717) is 5.56 Å². The van der Waals surface area contributed by atoms with Gasteiger partial charge in [0.15, 0.2) is 6.61 Å². The normalized spacial score (nSPS) is 10.2. The second kappa shape index (κ2) is 8.88. The molecule has 27 heavy (non-hydrogen) atoms. The summed E-state index contributed by atoms with van der Waals surface area (Å²) in [4.78, 5) is 35.3. The molecule has 2 aromatic rings. The van der Waals surface area contributed by atoms with Crippen LogP contribution >= 0.6 is 0 Å². The molecule has 6 nitrogen and oxygen atoms in total. The summed E-state index contributed by atoms with van der Waals surface area (Å²) in [6.45, 7) is 2.57. The van der Waals surface area contributed by atoms with E-state index in [0.717, 1.165) is 29.3 Å². The van der Waals surface area contributed by atoms with Crippen LogP contribution in [0.15, 0.2) is 36.4 Å². The second-order valence-electron chi connectivity index (χ2n) is 5.79. The second-order valence-corrected chi connectivity index (χ2v) is 5.79. The van der Waals surface area contributed by atoms with Gasteiger partial charge in [0.25, 0.3) is 11.8 Å². The molecule has 0 saturated heterocycles. The van der Waals surface area contributed by atoms with Crippen molar-refractivity contribution in [1.29, 1.82) is 0 Å². The number of carbonyl (C=O) groups excluding carboxylic acids is 3. The molecule has 2 amide bonds. The van der Waals surface area contributed by atoms with E-state index in [4.69, 9.17) is 0 Å². The molecule has 0 saturated carbocycles. The summed E-state index contributed by atoms with van der Waals surface area (Å²) in [5.74, 6) is -4.14. The number of anilines is 1. The number of rotatable bonds is 6. The minimum Gasteiger partial charge on any atom is -0.454 e. The van der Waals surface area contributed by atoms with E-state index >= 15 is 0 Å². The molecular formula is C19H18F2N2O4. The van der Waals surface area contributed by atoms with Gasteiger partial charge >= 0.3 is 5.97 Å². The number of benzene rings is 2. The summed E-state index contributed by atoms with van der Waals surface area (Å²) in [6, 6.07) is 8.21. The van der Waals surface area contributed by atoms with Crippen molar-refractivity contribution in [1.82, 2.24) is 5.32 Å². The standard InChI is InChI=1S/C19H18F2N2O4/c1-11-6-7-13(8-12(11)2)19(26)22-9-17(25)27-10-16(24)23-18-14(20)4-3-5-15(18)21/h3-8H,9-10H2,1-2H3,(H,22,26)(H,23,24). The summed E-state index contributed by atoms with van der Waals surface area (Å²) in [5, 5.41) is 4.35. The SMILES string of the molecule is Cc1ccc(C(=O)NCC(=O)OCC(=O)Nc2c(F)cccc2F)cc1C. The van der Waals surface area contributed by atoms with Crippen molar-refractivity contribution in [2.24, 2.45) is 0 Å². The maximum atomic E-state index is 13.4. The fraction of sp³-hybridized carbons (Fsp3) is 0.211. The predicted octanol–water partition coefficient (Wildman–Crippen LogP) is 2.49. The van der Waals surface area contributed by atoms with Gasteiger partial charge in [-0.2, -0.15) is 0 Å². The van der Waals surface area contributed by atoms with Crippen LogP contribution in [0.1, 0.15) is 21.5 Å². The fourth-order valence-corrected chi connectivity index (χ4v) is 2.13. The van der Waals surface area contributed by atoms with Gasteiger partial charge in [-0.25, -0.2) is 8.78 Å². The molecule has 0 spiro atoms. The Bertz CT molecular complexity index is 864. The maximum absolute atomic E-state index is 13.4. The van der Waals surface area contributed by atoms with Crippen molar-refractivity contribution in [3.05, 3.63) is 64.7 Å². The fourth-order valence-electron chi connectivity index (χ4n) is 2.13. The molecule has 0 aliphatic rings. The van der Waals surface area contributed by atoms with Gasteiger partial charge in [0, 0.05) is 5.56 Å². The molecule has 2 N–H and O–H groups in total. The third kappa shape index (κ3) is 5.60. The van der Waals surface area contributed by atoms with Crippen molar-refractivity contribution in [2.75, 3.05) is 18.5 Å². The van der Waals surface area contributed by atoms with Gasteiger partial charge in [-0.15, -0.1) is 0 Å². The molecule has 142 valence electrons. The Balaban J connectivity index is 1.79. The van der Waals surface area contributed by atoms with Crippen LogP contribution in [0.5, 0.6) is 0 Å². The molecule has 0 aromatic heterocycles. The molecule has 0 aliphatic heterocycles. The number of amides is 2. The molecule has 2 aromatic carbocycles. The van der Waals surface area contributed by atoms with Crippen molar-refractivity contribution >= 4 is 23.5 Å². The van der Waals surface area contributed by atoms with E-state index in [9.17, 15) is 23.2 Å². The lowest BCUT2D eigenvalue weighted by atomic mass is 10.1. The third-order valence-electron chi connectivity index (χ3n) is 3.75. The molecule has 0 heterocycles. The average Bonchev–Trinajstić information content (AvgIpc) is 2.63. The highest BCUT2D eigenvalue weighted by Crippen LogP contribution is 2.17. The summed E-state index contributed by atoms with van der Waals surface area (Å²) < 4.78 is 31.5. The first-order valence-electron chi connectivity index (χ1n) is 8.03. The zero-order chi connectivity index (χ0) is 20.0. The van der Waals surface area contributed by atoms with Gasteiger partial charge < -0.3 is 15.4 Å². The summed E-state index contributed by atoms with van der Waals surface area (Å²) >= 11 is 0. The zero-order valence-corrected chi connectivity index (χ0v) is 14.8. The number of aryl methyl sites for hydroxylation is 2. The molecule has 8 heteroatoms. The van der Waals surface area contributed by atoms with E-state index in [2.05, 4.69) is 10.1 Å². The van der Waals surface area contributed by atoms with Crippen LogP contribution in [0.25, 0.3) is 0 Å². The largest absolute Gasteiger partial charge is 0.454 e. The van der Waals surface area contributed by atoms with Crippen molar-refractivity contribution in [2.45, 2.75) is 13.8 Å². The first-order chi connectivity index (χ1) is 12.8. The number of hydrogen-bond donors (Lipinski definition) is 2. The van der Waals surface area contributed by atoms with Crippen molar-refractivity contribution in [3.63, 3.8) is 0 Å². The highest BCUT2D eigenvalue weighted by atomic mass is 19.1. The van der Waals surface area contributed by atoms with E-state index in [1.165, 1.54) is 0 Å². The van der Waals surface area contributed by atoms with Gasteiger partial charge in [0.2, 0.25) is 0 Å². The number of halogens is 2. The Morgan fingerprint density at radius 1 is 1.00 bits per heavy atom. The summed E-state index contributed by atoms with van der Waals surface area (Å²) in [7, 11) is 0. The Labute approximate surface area is 154 Å². The van der Waals surface area contributed by atoms with E-state index in [1.807, 2.05) is 19.2 Å². The quantitative estimate of drug-likeness (QED) is 0.759. The van der Waals surface area contributed by atoms with Gasteiger partial charge in [-0.3, -0.25) is 14.4 Å². The molecule has 0 radical (unpaired) electrons. The predicted molar refractivity (Wildman–Crippen MR) is 94.2 cm³/mol. The van der Waals surface area contributed by atoms with E-state index in [1.54, 1.807) is 18.2 Å². The van der Waals surface area contributed by atoms with Gasteiger partial charge in [0.05, 0.1) is 0 Å².